The molecule has 1 aliphatic rings. The van der Waals surface area contributed by atoms with Crippen LogP contribution in [-0.4, -0.2) is 36.2 Å². The third kappa shape index (κ3) is 5.22. The lowest BCUT2D eigenvalue weighted by Gasteiger charge is -2.24. The van der Waals surface area contributed by atoms with Gasteiger partial charge in [0.1, 0.15) is 6.61 Å². The van der Waals surface area contributed by atoms with Gasteiger partial charge in [0.2, 0.25) is 5.91 Å². The van der Waals surface area contributed by atoms with E-state index in [9.17, 15) is 19.5 Å². The average molecular weight is 537 g/mol. The van der Waals surface area contributed by atoms with Crippen molar-refractivity contribution in [1.29, 1.82) is 0 Å². The fraction of sp³-hybridized carbons (Fsp3) is 0.222. The monoisotopic (exact) mass is 536 g/mol. The second-order valence-electron chi connectivity index (χ2n) is 9.01. The van der Waals surface area contributed by atoms with E-state index in [2.05, 4.69) is 38.7 Å². The van der Waals surface area contributed by atoms with Crippen LogP contribution in [0, 0.1) is 5.41 Å². The minimum absolute atomic E-state index is 0.00587. The van der Waals surface area contributed by atoms with Crippen molar-refractivity contribution in [3.8, 4) is 11.1 Å². The normalized spacial score (nSPS) is 12.4. The van der Waals surface area contributed by atoms with E-state index in [1.54, 1.807) is 19.9 Å². The summed E-state index contributed by atoms with van der Waals surface area (Å²) in [6.45, 7) is 3.49. The summed E-state index contributed by atoms with van der Waals surface area (Å²) in [5, 5.41) is 14.7. The number of aromatic carboxylic acids is 1. The Bertz CT molecular complexity index is 1260. The van der Waals surface area contributed by atoms with Gasteiger partial charge in [0.05, 0.1) is 16.7 Å². The molecule has 35 heavy (non-hydrogen) atoms. The molecule has 1 aliphatic carbocycles. The number of amides is 2. The van der Waals surface area contributed by atoms with Crippen LogP contribution in [0.4, 0.5) is 10.5 Å². The Morgan fingerprint density at radius 2 is 1.57 bits per heavy atom. The largest absolute Gasteiger partial charge is 0.478 e. The van der Waals surface area contributed by atoms with E-state index in [1.807, 2.05) is 36.4 Å². The zero-order chi connectivity index (χ0) is 25.2. The van der Waals surface area contributed by atoms with Gasteiger partial charge in [-0.2, -0.15) is 0 Å². The molecule has 3 aromatic carbocycles. The van der Waals surface area contributed by atoms with Gasteiger partial charge >= 0.3 is 12.1 Å². The number of alkyl carbamates (subject to hydrolysis) is 1. The predicted molar refractivity (Wildman–Crippen MR) is 137 cm³/mol. The smallest absolute Gasteiger partial charge is 0.407 e. The van der Waals surface area contributed by atoms with Gasteiger partial charge in [-0.05, 0) is 54.3 Å². The Labute approximate surface area is 211 Å². The molecule has 3 aromatic rings. The molecular weight excluding hydrogens is 512 g/mol. The summed E-state index contributed by atoms with van der Waals surface area (Å²) >= 11 is 3.28. The minimum atomic E-state index is -1.15. The van der Waals surface area contributed by atoms with Crippen molar-refractivity contribution in [2.24, 2.45) is 5.41 Å². The van der Waals surface area contributed by atoms with E-state index < -0.39 is 23.4 Å². The summed E-state index contributed by atoms with van der Waals surface area (Å²) in [6.07, 6.45) is -0.624. The predicted octanol–water partition coefficient (Wildman–Crippen LogP) is 5.65. The molecule has 0 bridgehead atoms. The van der Waals surface area contributed by atoms with Crippen LogP contribution in [-0.2, 0) is 9.53 Å². The molecule has 4 rings (SSSR count). The number of fused-ring (bicyclic) bond motifs is 3. The molecule has 0 spiro atoms. The Kier molecular flexibility index (Phi) is 6.93. The number of carboxylic acids is 1. The first-order valence-corrected chi connectivity index (χ1v) is 11.9. The summed E-state index contributed by atoms with van der Waals surface area (Å²) in [5.41, 5.74) is 3.64. The van der Waals surface area contributed by atoms with Crippen molar-refractivity contribution >= 4 is 39.6 Å². The molecular formula is C27H25BrN2O5. The lowest BCUT2D eigenvalue weighted by molar-refractivity contribution is -0.123. The number of carbonyl (C=O) groups is 3. The molecule has 0 fully saturated rings. The van der Waals surface area contributed by atoms with Crippen LogP contribution in [0.25, 0.3) is 11.1 Å². The number of carboxylic acid groups (broad SMARTS) is 1. The molecule has 0 saturated heterocycles. The average Bonchev–Trinajstić information content (AvgIpc) is 3.15. The highest BCUT2D eigenvalue weighted by atomic mass is 79.9. The van der Waals surface area contributed by atoms with Gasteiger partial charge in [-0.3, -0.25) is 4.79 Å². The van der Waals surface area contributed by atoms with Gasteiger partial charge in [0.15, 0.2) is 0 Å². The first-order chi connectivity index (χ1) is 16.7. The molecule has 7 nitrogen and oxygen atoms in total. The van der Waals surface area contributed by atoms with Crippen molar-refractivity contribution < 1.29 is 24.2 Å². The van der Waals surface area contributed by atoms with Crippen LogP contribution in [0.5, 0.6) is 0 Å². The van der Waals surface area contributed by atoms with Crippen LogP contribution in [0.15, 0.2) is 71.2 Å². The van der Waals surface area contributed by atoms with Crippen molar-refractivity contribution in [1.82, 2.24) is 5.32 Å². The molecule has 0 unspecified atom stereocenters. The maximum Gasteiger partial charge on any atom is 0.407 e. The zero-order valence-corrected chi connectivity index (χ0v) is 20.9. The van der Waals surface area contributed by atoms with Gasteiger partial charge in [0, 0.05) is 16.9 Å². The van der Waals surface area contributed by atoms with Gasteiger partial charge in [0.25, 0.3) is 0 Å². The van der Waals surface area contributed by atoms with E-state index in [4.69, 9.17) is 4.74 Å². The first kappa shape index (κ1) is 24.5. The summed E-state index contributed by atoms with van der Waals surface area (Å²) in [5.74, 6) is -1.64. The van der Waals surface area contributed by atoms with E-state index in [0.717, 1.165) is 22.3 Å². The van der Waals surface area contributed by atoms with Gasteiger partial charge in [-0.1, -0.05) is 64.5 Å². The number of hydrogen-bond acceptors (Lipinski definition) is 4. The number of halogens is 1. The summed E-state index contributed by atoms with van der Waals surface area (Å²) in [4.78, 5) is 36.8. The van der Waals surface area contributed by atoms with Crippen molar-refractivity contribution in [2.45, 2.75) is 19.8 Å². The second-order valence-corrected chi connectivity index (χ2v) is 9.93. The van der Waals surface area contributed by atoms with Gasteiger partial charge < -0.3 is 20.5 Å². The van der Waals surface area contributed by atoms with E-state index in [-0.39, 0.29) is 30.3 Å². The minimum Gasteiger partial charge on any atom is -0.478 e. The Hall–Kier alpha value is -3.65. The van der Waals surface area contributed by atoms with Crippen molar-refractivity contribution in [3.63, 3.8) is 0 Å². The third-order valence-electron chi connectivity index (χ3n) is 6.09. The molecule has 0 saturated carbocycles. The van der Waals surface area contributed by atoms with Crippen LogP contribution in [0.3, 0.4) is 0 Å². The van der Waals surface area contributed by atoms with Crippen molar-refractivity contribution in [3.05, 3.63) is 87.9 Å². The topological polar surface area (TPSA) is 105 Å². The van der Waals surface area contributed by atoms with Crippen LogP contribution >= 0.6 is 15.9 Å². The van der Waals surface area contributed by atoms with E-state index >= 15 is 0 Å². The maximum absolute atomic E-state index is 12.9. The molecule has 0 atom stereocenters. The Morgan fingerprint density at radius 1 is 0.971 bits per heavy atom. The first-order valence-electron chi connectivity index (χ1n) is 11.1. The lowest BCUT2D eigenvalue weighted by atomic mass is 9.92. The second kappa shape index (κ2) is 9.92. The molecule has 180 valence electrons. The summed E-state index contributed by atoms with van der Waals surface area (Å²) in [7, 11) is 0. The van der Waals surface area contributed by atoms with Crippen LogP contribution < -0.4 is 10.6 Å². The summed E-state index contributed by atoms with van der Waals surface area (Å²) < 4.78 is 6.17. The maximum atomic E-state index is 12.9. The molecule has 3 N–H and O–H groups in total. The lowest BCUT2D eigenvalue weighted by Crippen LogP contribution is -2.42. The molecule has 2 amide bonds. The fourth-order valence-corrected chi connectivity index (χ4v) is 4.48. The Balaban J connectivity index is 1.36. The molecule has 8 heteroatoms. The number of nitrogens with one attached hydrogen (secondary N) is 2. The number of rotatable bonds is 7. The van der Waals surface area contributed by atoms with Crippen molar-refractivity contribution in [2.75, 3.05) is 18.5 Å². The number of benzene rings is 3. The molecule has 0 aromatic heterocycles. The molecule has 0 heterocycles. The van der Waals surface area contributed by atoms with Gasteiger partial charge in [-0.15, -0.1) is 0 Å². The van der Waals surface area contributed by atoms with Crippen LogP contribution in [0.2, 0.25) is 0 Å². The van der Waals surface area contributed by atoms with E-state index in [0.29, 0.717) is 4.47 Å². The van der Waals surface area contributed by atoms with Gasteiger partial charge in [-0.25, -0.2) is 9.59 Å². The number of ether oxygens (including phenoxy) is 1. The highest BCUT2D eigenvalue weighted by Gasteiger charge is 2.31. The van der Waals surface area contributed by atoms with E-state index in [1.165, 1.54) is 12.1 Å². The highest BCUT2D eigenvalue weighted by Crippen LogP contribution is 2.44. The Morgan fingerprint density at radius 3 is 2.17 bits per heavy atom. The SMILES string of the molecule is CC(C)(CNC(=O)OCC1c2ccccc2-c2ccccc21)C(=O)Nc1cc(Br)ccc1C(=O)O. The highest BCUT2D eigenvalue weighted by molar-refractivity contribution is 9.10. The fourth-order valence-electron chi connectivity index (χ4n) is 4.12. The quantitative estimate of drug-likeness (QED) is 0.361. The standard InChI is InChI=1S/C27H25BrN2O5/c1-27(2,25(33)30-23-13-16(28)11-12-21(23)24(31)32)15-29-26(34)35-14-22-19-9-5-3-7-17(19)18-8-4-6-10-20(18)22/h3-13,22H,14-15H2,1-2H3,(H,29,34)(H,30,33)(H,31,32). The number of anilines is 1. The third-order valence-corrected chi connectivity index (χ3v) is 6.59. The number of hydrogen-bond donors (Lipinski definition) is 3. The number of carbonyl (C=O) groups excluding carboxylic acids is 2. The summed E-state index contributed by atoms with van der Waals surface area (Å²) in [6, 6.07) is 20.7. The van der Waals surface area contributed by atoms with Crippen LogP contribution in [0.1, 0.15) is 41.3 Å². The molecule has 0 aliphatic heterocycles. The zero-order valence-electron chi connectivity index (χ0n) is 19.3. The molecule has 0 radical (unpaired) electrons.